The summed E-state index contributed by atoms with van der Waals surface area (Å²) < 4.78 is 25.6. The Morgan fingerprint density at radius 2 is 1.77 bits per heavy atom. The van der Waals surface area contributed by atoms with Crippen molar-refractivity contribution in [1.82, 2.24) is 0 Å². The van der Waals surface area contributed by atoms with Crippen LogP contribution in [-0.2, 0) is 0 Å². The van der Waals surface area contributed by atoms with Crippen LogP contribution in [0.2, 0.25) is 0 Å². The SMILES string of the molecule is CC(F)(F)CC1CCCCC1CN. The lowest BCUT2D eigenvalue weighted by Gasteiger charge is -2.32. The van der Waals surface area contributed by atoms with Gasteiger partial charge in [0.15, 0.2) is 0 Å². The van der Waals surface area contributed by atoms with Gasteiger partial charge in [-0.25, -0.2) is 8.78 Å². The Morgan fingerprint density at radius 3 is 2.23 bits per heavy atom. The molecule has 3 heteroatoms. The number of hydrogen-bond donors (Lipinski definition) is 1. The molecule has 78 valence electrons. The Morgan fingerprint density at radius 1 is 1.23 bits per heavy atom. The lowest BCUT2D eigenvalue weighted by Crippen LogP contribution is -2.30. The van der Waals surface area contributed by atoms with E-state index in [1.807, 2.05) is 0 Å². The maximum absolute atomic E-state index is 12.8. The van der Waals surface area contributed by atoms with Crippen LogP contribution in [0.3, 0.4) is 0 Å². The molecule has 0 aromatic rings. The fourth-order valence-corrected chi connectivity index (χ4v) is 2.32. The van der Waals surface area contributed by atoms with Crippen molar-refractivity contribution < 1.29 is 8.78 Å². The molecular formula is C10H19F2N. The van der Waals surface area contributed by atoms with E-state index < -0.39 is 5.92 Å². The van der Waals surface area contributed by atoms with Crippen molar-refractivity contribution in [3.05, 3.63) is 0 Å². The fourth-order valence-electron chi connectivity index (χ4n) is 2.32. The van der Waals surface area contributed by atoms with Crippen LogP contribution in [0.4, 0.5) is 8.78 Å². The number of hydrogen-bond acceptors (Lipinski definition) is 1. The van der Waals surface area contributed by atoms with Gasteiger partial charge in [-0.05, 0) is 38.1 Å². The van der Waals surface area contributed by atoms with Crippen molar-refractivity contribution in [2.45, 2.75) is 45.0 Å². The number of rotatable bonds is 3. The molecule has 0 saturated heterocycles. The van der Waals surface area contributed by atoms with E-state index in [0.29, 0.717) is 12.5 Å². The molecule has 0 aliphatic heterocycles. The zero-order valence-electron chi connectivity index (χ0n) is 8.23. The van der Waals surface area contributed by atoms with Gasteiger partial charge in [-0.15, -0.1) is 0 Å². The molecule has 1 rings (SSSR count). The van der Waals surface area contributed by atoms with Crippen molar-refractivity contribution in [1.29, 1.82) is 0 Å². The van der Waals surface area contributed by atoms with E-state index in [1.54, 1.807) is 0 Å². The predicted octanol–water partition coefficient (Wildman–Crippen LogP) is 2.80. The third-order valence-corrected chi connectivity index (χ3v) is 2.99. The van der Waals surface area contributed by atoms with E-state index in [0.717, 1.165) is 32.6 Å². The van der Waals surface area contributed by atoms with Gasteiger partial charge in [0.1, 0.15) is 0 Å². The van der Waals surface area contributed by atoms with E-state index in [4.69, 9.17) is 5.73 Å². The van der Waals surface area contributed by atoms with Gasteiger partial charge in [-0.2, -0.15) is 0 Å². The molecule has 13 heavy (non-hydrogen) atoms. The van der Waals surface area contributed by atoms with Crippen LogP contribution >= 0.6 is 0 Å². The second kappa shape index (κ2) is 4.36. The van der Waals surface area contributed by atoms with Gasteiger partial charge in [-0.3, -0.25) is 0 Å². The summed E-state index contributed by atoms with van der Waals surface area (Å²) in [5, 5.41) is 0. The van der Waals surface area contributed by atoms with Crippen LogP contribution in [0.1, 0.15) is 39.0 Å². The van der Waals surface area contributed by atoms with Crippen LogP contribution in [0, 0.1) is 11.8 Å². The minimum absolute atomic E-state index is 0.0227. The first-order valence-electron chi connectivity index (χ1n) is 5.11. The molecule has 1 saturated carbocycles. The Kier molecular flexibility index (Phi) is 3.65. The first-order chi connectivity index (χ1) is 6.03. The fraction of sp³-hybridized carbons (Fsp3) is 1.00. The summed E-state index contributed by atoms with van der Waals surface area (Å²) in [6, 6.07) is 0. The molecule has 1 fully saturated rings. The molecule has 0 amide bonds. The van der Waals surface area contributed by atoms with Crippen LogP contribution in [0.15, 0.2) is 0 Å². The first-order valence-corrected chi connectivity index (χ1v) is 5.11. The summed E-state index contributed by atoms with van der Waals surface area (Å²) in [7, 11) is 0. The minimum Gasteiger partial charge on any atom is -0.330 e. The third kappa shape index (κ3) is 3.59. The van der Waals surface area contributed by atoms with Crippen molar-refractivity contribution in [2.24, 2.45) is 17.6 Å². The Labute approximate surface area is 78.7 Å². The standard InChI is InChI=1S/C10H19F2N/c1-10(11,12)6-8-4-2-3-5-9(8)7-13/h8-9H,2-7,13H2,1H3. The van der Waals surface area contributed by atoms with Gasteiger partial charge in [0.25, 0.3) is 0 Å². The van der Waals surface area contributed by atoms with Crippen LogP contribution in [0.25, 0.3) is 0 Å². The average molecular weight is 191 g/mol. The maximum Gasteiger partial charge on any atom is 0.245 e. The lowest BCUT2D eigenvalue weighted by molar-refractivity contribution is -0.0180. The van der Waals surface area contributed by atoms with Crippen LogP contribution in [-0.4, -0.2) is 12.5 Å². The van der Waals surface area contributed by atoms with E-state index in [-0.39, 0.29) is 12.3 Å². The minimum atomic E-state index is -2.52. The lowest BCUT2D eigenvalue weighted by atomic mass is 9.76. The zero-order chi connectivity index (χ0) is 9.90. The van der Waals surface area contributed by atoms with Crippen molar-refractivity contribution in [3.63, 3.8) is 0 Å². The highest BCUT2D eigenvalue weighted by Gasteiger charge is 2.32. The van der Waals surface area contributed by atoms with Gasteiger partial charge in [-0.1, -0.05) is 12.8 Å². The molecule has 0 spiro atoms. The van der Waals surface area contributed by atoms with Crippen molar-refractivity contribution in [3.8, 4) is 0 Å². The average Bonchev–Trinajstić information content (AvgIpc) is 2.02. The molecule has 2 unspecified atom stereocenters. The molecule has 0 bridgehead atoms. The Bertz CT molecular complexity index is 153. The summed E-state index contributed by atoms with van der Waals surface area (Å²) in [5.74, 6) is -2.03. The van der Waals surface area contributed by atoms with Gasteiger partial charge in [0, 0.05) is 6.42 Å². The quantitative estimate of drug-likeness (QED) is 0.729. The molecular weight excluding hydrogens is 172 g/mol. The van der Waals surface area contributed by atoms with E-state index in [2.05, 4.69) is 0 Å². The van der Waals surface area contributed by atoms with E-state index >= 15 is 0 Å². The second-order valence-electron chi connectivity index (χ2n) is 4.31. The summed E-state index contributed by atoms with van der Waals surface area (Å²) >= 11 is 0. The second-order valence-corrected chi connectivity index (χ2v) is 4.31. The molecule has 2 N–H and O–H groups in total. The van der Waals surface area contributed by atoms with Crippen molar-refractivity contribution >= 4 is 0 Å². The highest BCUT2D eigenvalue weighted by atomic mass is 19.3. The molecule has 0 heterocycles. The Balaban J connectivity index is 2.45. The molecule has 1 aliphatic carbocycles. The normalized spacial score (nSPS) is 30.5. The maximum atomic E-state index is 12.8. The molecule has 1 aliphatic rings. The molecule has 2 atom stereocenters. The first kappa shape index (κ1) is 10.9. The summed E-state index contributed by atoms with van der Waals surface area (Å²) in [4.78, 5) is 0. The molecule has 0 aromatic carbocycles. The Hall–Kier alpha value is -0.180. The highest BCUT2D eigenvalue weighted by Crippen LogP contribution is 2.36. The predicted molar refractivity (Wildman–Crippen MR) is 49.7 cm³/mol. The van der Waals surface area contributed by atoms with Gasteiger partial charge < -0.3 is 5.73 Å². The third-order valence-electron chi connectivity index (χ3n) is 2.99. The number of nitrogens with two attached hydrogens (primary N) is 1. The van der Waals surface area contributed by atoms with E-state index in [1.165, 1.54) is 0 Å². The van der Waals surface area contributed by atoms with Gasteiger partial charge in [0.2, 0.25) is 5.92 Å². The van der Waals surface area contributed by atoms with Gasteiger partial charge in [0.05, 0.1) is 0 Å². The van der Waals surface area contributed by atoms with Crippen molar-refractivity contribution in [2.75, 3.05) is 6.54 Å². The van der Waals surface area contributed by atoms with Gasteiger partial charge >= 0.3 is 0 Å². The summed E-state index contributed by atoms with van der Waals surface area (Å²) in [6.07, 6.45) is 4.25. The monoisotopic (exact) mass is 191 g/mol. The highest BCUT2D eigenvalue weighted by molar-refractivity contribution is 4.79. The molecule has 1 nitrogen and oxygen atoms in total. The summed E-state index contributed by atoms with van der Waals surface area (Å²) in [5.41, 5.74) is 5.57. The summed E-state index contributed by atoms with van der Waals surface area (Å²) in [6.45, 7) is 1.58. The number of halogens is 2. The van der Waals surface area contributed by atoms with Crippen LogP contribution in [0.5, 0.6) is 0 Å². The zero-order valence-corrected chi connectivity index (χ0v) is 8.23. The smallest absolute Gasteiger partial charge is 0.245 e. The molecule has 0 aromatic heterocycles. The topological polar surface area (TPSA) is 26.0 Å². The largest absolute Gasteiger partial charge is 0.330 e. The molecule has 0 radical (unpaired) electrons. The van der Waals surface area contributed by atoms with Crippen LogP contribution < -0.4 is 5.73 Å². The number of alkyl halides is 2. The van der Waals surface area contributed by atoms with E-state index in [9.17, 15) is 8.78 Å².